The summed E-state index contributed by atoms with van der Waals surface area (Å²) in [6.07, 6.45) is 9.17. The fourth-order valence-electron chi connectivity index (χ4n) is 1.15. The lowest BCUT2D eigenvalue weighted by Gasteiger charge is -2.08. The van der Waals surface area contributed by atoms with Crippen LogP contribution in [0.5, 0.6) is 0 Å². The number of unbranched alkanes of at least 4 members (excludes halogenated alkanes) is 1. The summed E-state index contributed by atoms with van der Waals surface area (Å²) in [6.45, 7) is 3.49. The van der Waals surface area contributed by atoms with E-state index in [2.05, 4.69) is 5.92 Å². The minimum Gasteiger partial charge on any atom is -0.393 e. The first-order valence-corrected chi connectivity index (χ1v) is 5.00. The predicted octanol–water partition coefficient (Wildman–Crippen LogP) is 1.97. The van der Waals surface area contributed by atoms with Crippen LogP contribution in [0.3, 0.4) is 0 Å². The quantitative estimate of drug-likeness (QED) is 0.461. The number of terminal acetylenes is 1. The maximum Gasteiger partial charge on any atom is 0.0541 e. The largest absolute Gasteiger partial charge is 0.393 e. The number of hydrogen-bond acceptors (Lipinski definition) is 2. The molecule has 0 aliphatic heterocycles. The summed E-state index contributed by atoms with van der Waals surface area (Å²) in [5.74, 6) is 2.56. The van der Waals surface area contributed by atoms with E-state index in [1.807, 2.05) is 6.92 Å². The lowest BCUT2D eigenvalue weighted by atomic mass is 10.1. The van der Waals surface area contributed by atoms with E-state index in [1.165, 1.54) is 0 Å². The summed E-state index contributed by atoms with van der Waals surface area (Å²) < 4.78 is 5.17. The van der Waals surface area contributed by atoms with Gasteiger partial charge in [-0.25, -0.2) is 0 Å². The molecular weight excluding hydrogens is 164 g/mol. The molecule has 0 heterocycles. The van der Waals surface area contributed by atoms with Crippen molar-refractivity contribution in [2.45, 2.75) is 45.1 Å². The molecule has 1 unspecified atom stereocenters. The van der Waals surface area contributed by atoms with Crippen LogP contribution in [-0.2, 0) is 4.74 Å². The zero-order valence-electron chi connectivity index (χ0n) is 8.46. The van der Waals surface area contributed by atoms with Crippen LogP contribution in [-0.4, -0.2) is 24.4 Å². The Labute approximate surface area is 81.3 Å². The van der Waals surface area contributed by atoms with Crippen LogP contribution in [0.1, 0.15) is 39.0 Å². The first-order chi connectivity index (χ1) is 6.31. The summed E-state index contributed by atoms with van der Waals surface area (Å²) in [5, 5.41) is 9.45. The Morgan fingerprint density at radius 1 is 1.38 bits per heavy atom. The third-order valence-corrected chi connectivity index (χ3v) is 1.89. The number of aliphatic hydroxyl groups is 1. The monoisotopic (exact) mass is 184 g/mol. The molecule has 0 saturated carbocycles. The summed E-state index contributed by atoms with van der Waals surface area (Å²) in [6, 6.07) is 0. The smallest absolute Gasteiger partial charge is 0.0541 e. The van der Waals surface area contributed by atoms with Crippen LogP contribution in [0.15, 0.2) is 0 Å². The fraction of sp³-hybridized carbons (Fsp3) is 0.818. The Balaban J connectivity index is 3.11. The number of hydrogen-bond donors (Lipinski definition) is 1. The van der Waals surface area contributed by atoms with Crippen molar-refractivity contribution in [2.24, 2.45) is 0 Å². The van der Waals surface area contributed by atoms with Gasteiger partial charge in [0.2, 0.25) is 0 Å². The van der Waals surface area contributed by atoms with E-state index >= 15 is 0 Å². The third-order valence-electron chi connectivity index (χ3n) is 1.89. The molecule has 0 aliphatic carbocycles. The molecule has 0 fully saturated rings. The van der Waals surface area contributed by atoms with Gasteiger partial charge in [-0.15, -0.1) is 12.3 Å². The second-order valence-corrected chi connectivity index (χ2v) is 3.09. The highest BCUT2D eigenvalue weighted by Gasteiger charge is 2.02. The van der Waals surface area contributed by atoms with Gasteiger partial charge in [0.25, 0.3) is 0 Å². The van der Waals surface area contributed by atoms with Crippen LogP contribution < -0.4 is 0 Å². The molecular formula is C11H20O2. The number of rotatable bonds is 8. The Morgan fingerprint density at radius 2 is 2.08 bits per heavy atom. The molecule has 2 nitrogen and oxygen atoms in total. The average molecular weight is 184 g/mol. The van der Waals surface area contributed by atoms with Gasteiger partial charge in [-0.1, -0.05) is 0 Å². The zero-order valence-corrected chi connectivity index (χ0v) is 8.46. The molecule has 76 valence electrons. The molecule has 1 atom stereocenters. The number of aliphatic hydroxyl groups excluding tert-OH is 1. The predicted molar refractivity (Wildman–Crippen MR) is 54.4 cm³/mol. The van der Waals surface area contributed by atoms with E-state index in [9.17, 15) is 5.11 Å². The van der Waals surface area contributed by atoms with E-state index in [0.717, 1.165) is 45.3 Å². The SMILES string of the molecule is C#CCCCC(O)CCCOCC. The molecule has 0 aliphatic rings. The first-order valence-electron chi connectivity index (χ1n) is 5.00. The van der Waals surface area contributed by atoms with Crippen LogP contribution in [0.2, 0.25) is 0 Å². The van der Waals surface area contributed by atoms with Gasteiger partial charge in [0.05, 0.1) is 6.10 Å². The summed E-state index contributed by atoms with van der Waals surface area (Å²) >= 11 is 0. The summed E-state index contributed by atoms with van der Waals surface area (Å²) in [4.78, 5) is 0. The van der Waals surface area contributed by atoms with E-state index in [1.54, 1.807) is 0 Å². The van der Waals surface area contributed by atoms with Crippen molar-refractivity contribution in [2.75, 3.05) is 13.2 Å². The molecule has 0 aromatic carbocycles. The van der Waals surface area contributed by atoms with E-state index in [-0.39, 0.29) is 6.10 Å². The van der Waals surface area contributed by atoms with Crippen LogP contribution >= 0.6 is 0 Å². The minimum absolute atomic E-state index is 0.200. The minimum atomic E-state index is -0.200. The van der Waals surface area contributed by atoms with Gasteiger partial charge in [-0.2, -0.15) is 0 Å². The van der Waals surface area contributed by atoms with Gasteiger partial charge in [-0.05, 0) is 32.6 Å². The average Bonchev–Trinajstić information content (AvgIpc) is 2.13. The fourth-order valence-corrected chi connectivity index (χ4v) is 1.15. The molecule has 0 rings (SSSR count). The third kappa shape index (κ3) is 9.39. The van der Waals surface area contributed by atoms with Crippen molar-refractivity contribution in [1.29, 1.82) is 0 Å². The lowest BCUT2D eigenvalue weighted by Crippen LogP contribution is -2.07. The Bertz CT molecular complexity index is 138. The molecule has 0 aromatic heterocycles. The second kappa shape index (κ2) is 9.57. The van der Waals surface area contributed by atoms with Gasteiger partial charge in [0, 0.05) is 19.6 Å². The van der Waals surface area contributed by atoms with E-state index < -0.39 is 0 Å². The van der Waals surface area contributed by atoms with Gasteiger partial charge >= 0.3 is 0 Å². The van der Waals surface area contributed by atoms with Crippen LogP contribution in [0, 0.1) is 12.3 Å². The van der Waals surface area contributed by atoms with Crippen molar-refractivity contribution in [3.8, 4) is 12.3 Å². The van der Waals surface area contributed by atoms with E-state index in [0.29, 0.717) is 0 Å². The highest BCUT2D eigenvalue weighted by atomic mass is 16.5. The molecule has 2 heteroatoms. The second-order valence-electron chi connectivity index (χ2n) is 3.09. The van der Waals surface area contributed by atoms with Crippen LogP contribution in [0.4, 0.5) is 0 Å². The normalized spacial score (nSPS) is 12.4. The van der Waals surface area contributed by atoms with Crippen molar-refractivity contribution >= 4 is 0 Å². The van der Waals surface area contributed by atoms with Gasteiger partial charge in [0.15, 0.2) is 0 Å². The Morgan fingerprint density at radius 3 is 2.69 bits per heavy atom. The Hall–Kier alpha value is -0.520. The van der Waals surface area contributed by atoms with Crippen molar-refractivity contribution < 1.29 is 9.84 Å². The Kier molecular flexibility index (Phi) is 9.18. The topological polar surface area (TPSA) is 29.5 Å². The summed E-state index contributed by atoms with van der Waals surface area (Å²) in [5.41, 5.74) is 0. The molecule has 0 bridgehead atoms. The maximum atomic E-state index is 9.45. The molecule has 13 heavy (non-hydrogen) atoms. The van der Waals surface area contributed by atoms with Gasteiger partial charge in [-0.3, -0.25) is 0 Å². The highest BCUT2D eigenvalue weighted by Crippen LogP contribution is 2.06. The number of ether oxygens (including phenoxy) is 1. The molecule has 0 spiro atoms. The summed E-state index contributed by atoms with van der Waals surface area (Å²) in [7, 11) is 0. The maximum absolute atomic E-state index is 9.45. The van der Waals surface area contributed by atoms with Crippen molar-refractivity contribution in [3.05, 3.63) is 0 Å². The van der Waals surface area contributed by atoms with Gasteiger partial charge < -0.3 is 9.84 Å². The molecule has 0 amide bonds. The molecule has 1 N–H and O–H groups in total. The molecule has 0 aromatic rings. The highest BCUT2D eigenvalue weighted by molar-refractivity contribution is 4.83. The van der Waals surface area contributed by atoms with Crippen molar-refractivity contribution in [3.63, 3.8) is 0 Å². The molecule has 0 saturated heterocycles. The first kappa shape index (κ1) is 12.5. The van der Waals surface area contributed by atoms with E-state index in [4.69, 9.17) is 11.2 Å². The zero-order chi connectivity index (χ0) is 9.94. The van der Waals surface area contributed by atoms with Gasteiger partial charge in [0.1, 0.15) is 0 Å². The lowest BCUT2D eigenvalue weighted by molar-refractivity contribution is 0.109. The van der Waals surface area contributed by atoms with Crippen molar-refractivity contribution in [1.82, 2.24) is 0 Å². The standard InChI is InChI=1S/C11H20O2/c1-3-5-6-8-11(12)9-7-10-13-4-2/h1,11-12H,4-10H2,2H3. The van der Waals surface area contributed by atoms with Crippen LogP contribution in [0.25, 0.3) is 0 Å². The molecule has 0 radical (unpaired) electrons.